The number of aromatic nitrogens is 1. The Bertz CT molecular complexity index is 577. The molecule has 19 heavy (non-hydrogen) atoms. The van der Waals surface area contributed by atoms with Crippen LogP contribution in [0.5, 0.6) is 5.88 Å². The summed E-state index contributed by atoms with van der Waals surface area (Å²) < 4.78 is 18.7. The first-order valence-electron chi connectivity index (χ1n) is 5.72. The van der Waals surface area contributed by atoms with Gasteiger partial charge in [-0.2, -0.15) is 0 Å². The van der Waals surface area contributed by atoms with Crippen molar-refractivity contribution in [3.8, 4) is 5.88 Å². The largest absolute Gasteiger partial charge is 0.481 e. The quantitative estimate of drug-likeness (QED) is 0.938. The van der Waals surface area contributed by atoms with Crippen molar-refractivity contribution < 1.29 is 14.2 Å². The van der Waals surface area contributed by atoms with Crippen LogP contribution in [0.4, 0.5) is 4.39 Å². The molecule has 1 unspecified atom stereocenters. The molecule has 0 bridgehead atoms. The van der Waals surface area contributed by atoms with Crippen LogP contribution >= 0.6 is 15.9 Å². The van der Waals surface area contributed by atoms with E-state index in [2.05, 4.69) is 20.9 Å². The number of aliphatic hydroxyl groups excluding tert-OH is 1. The standard InChI is InChI=1S/C14H13BrFNO2/c1-19-14-11(3-2-6-17-14)13(18)7-9-4-5-10(16)8-12(9)15/h2-6,8,13,18H,7H2,1H3. The predicted octanol–water partition coefficient (Wildman–Crippen LogP) is 3.27. The fourth-order valence-electron chi connectivity index (χ4n) is 1.83. The Morgan fingerprint density at radius 1 is 1.42 bits per heavy atom. The first-order valence-corrected chi connectivity index (χ1v) is 6.52. The van der Waals surface area contributed by atoms with Crippen molar-refractivity contribution in [3.05, 3.63) is 57.9 Å². The first-order chi connectivity index (χ1) is 9.11. The van der Waals surface area contributed by atoms with Crippen LogP contribution in [0, 0.1) is 5.82 Å². The molecule has 0 saturated carbocycles. The Morgan fingerprint density at radius 2 is 2.21 bits per heavy atom. The van der Waals surface area contributed by atoms with Gasteiger partial charge in [0.1, 0.15) is 5.82 Å². The van der Waals surface area contributed by atoms with Crippen molar-refractivity contribution in [3.63, 3.8) is 0 Å². The molecule has 0 aliphatic carbocycles. The molecular formula is C14H13BrFNO2. The second-order valence-corrected chi connectivity index (χ2v) is 4.91. The third kappa shape index (κ3) is 3.30. The molecule has 1 atom stereocenters. The van der Waals surface area contributed by atoms with Crippen molar-refractivity contribution in [2.24, 2.45) is 0 Å². The van der Waals surface area contributed by atoms with Crippen LogP contribution in [0.1, 0.15) is 17.2 Å². The molecule has 0 radical (unpaired) electrons. The van der Waals surface area contributed by atoms with Gasteiger partial charge in [0.2, 0.25) is 5.88 Å². The smallest absolute Gasteiger partial charge is 0.218 e. The van der Waals surface area contributed by atoms with E-state index in [1.54, 1.807) is 24.4 Å². The molecule has 0 fully saturated rings. The molecule has 3 nitrogen and oxygen atoms in total. The monoisotopic (exact) mass is 325 g/mol. The molecule has 1 N–H and O–H groups in total. The molecule has 0 saturated heterocycles. The SMILES string of the molecule is COc1ncccc1C(O)Cc1ccc(F)cc1Br. The molecule has 1 aromatic carbocycles. The summed E-state index contributed by atoms with van der Waals surface area (Å²) in [4.78, 5) is 4.04. The zero-order valence-corrected chi connectivity index (χ0v) is 11.9. The van der Waals surface area contributed by atoms with Gasteiger partial charge in [0.25, 0.3) is 0 Å². The Kier molecular flexibility index (Phi) is 4.50. The molecule has 0 amide bonds. The number of benzene rings is 1. The minimum atomic E-state index is -0.759. The molecule has 0 aliphatic heterocycles. The zero-order chi connectivity index (χ0) is 13.8. The van der Waals surface area contributed by atoms with Crippen LogP contribution in [-0.2, 0) is 6.42 Å². The Labute approximate surface area is 119 Å². The number of nitrogens with zero attached hydrogens (tertiary/aromatic N) is 1. The van der Waals surface area contributed by atoms with E-state index in [0.717, 1.165) is 5.56 Å². The van der Waals surface area contributed by atoms with Crippen LogP contribution in [0.2, 0.25) is 0 Å². The van der Waals surface area contributed by atoms with Crippen molar-refractivity contribution >= 4 is 15.9 Å². The minimum Gasteiger partial charge on any atom is -0.481 e. The summed E-state index contributed by atoms with van der Waals surface area (Å²) in [5, 5.41) is 10.2. The number of ether oxygens (including phenoxy) is 1. The highest BCUT2D eigenvalue weighted by Crippen LogP contribution is 2.28. The molecule has 100 valence electrons. The van der Waals surface area contributed by atoms with Crippen LogP contribution in [0.25, 0.3) is 0 Å². The first kappa shape index (κ1) is 14.0. The maximum atomic E-state index is 13.0. The highest BCUT2D eigenvalue weighted by molar-refractivity contribution is 9.10. The van der Waals surface area contributed by atoms with E-state index in [9.17, 15) is 9.50 Å². The van der Waals surface area contributed by atoms with Gasteiger partial charge in [0, 0.05) is 22.7 Å². The lowest BCUT2D eigenvalue weighted by molar-refractivity contribution is 0.172. The van der Waals surface area contributed by atoms with Gasteiger partial charge in [-0.25, -0.2) is 9.37 Å². The number of pyridine rings is 1. The Balaban J connectivity index is 2.23. The second kappa shape index (κ2) is 6.12. The predicted molar refractivity (Wildman–Crippen MR) is 73.6 cm³/mol. The number of halogens is 2. The van der Waals surface area contributed by atoms with E-state index in [4.69, 9.17) is 4.74 Å². The summed E-state index contributed by atoms with van der Waals surface area (Å²) in [5.74, 6) is 0.0808. The highest BCUT2D eigenvalue weighted by Gasteiger charge is 2.16. The average molecular weight is 326 g/mol. The lowest BCUT2D eigenvalue weighted by Gasteiger charge is -2.14. The normalized spacial score (nSPS) is 12.2. The van der Waals surface area contributed by atoms with Crippen molar-refractivity contribution in [1.29, 1.82) is 0 Å². The second-order valence-electron chi connectivity index (χ2n) is 4.06. The summed E-state index contributed by atoms with van der Waals surface area (Å²) in [6, 6.07) is 7.88. The van der Waals surface area contributed by atoms with Gasteiger partial charge in [0.15, 0.2) is 0 Å². The summed E-state index contributed by atoms with van der Waals surface area (Å²) in [6.07, 6.45) is 1.19. The number of hydrogen-bond donors (Lipinski definition) is 1. The molecule has 2 rings (SSSR count). The number of hydrogen-bond acceptors (Lipinski definition) is 3. The lowest BCUT2D eigenvalue weighted by Crippen LogP contribution is -2.05. The summed E-state index contributed by atoms with van der Waals surface area (Å²) in [6.45, 7) is 0. The van der Waals surface area contributed by atoms with Gasteiger partial charge < -0.3 is 9.84 Å². The van der Waals surface area contributed by atoms with Gasteiger partial charge in [0.05, 0.1) is 13.2 Å². The van der Waals surface area contributed by atoms with Gasteiger partial charge in [-0.05, 0) is 29.8 Å². The third-order valence-corrected chi connectivity index (χ3v) is 3.52. The van der Waals surface area contributed by atoms with Gasteiger partial charge in [-0.1, -0.05) is 22.0 Å². The van der Waals surface area contributed by atoms with Crippen LogP contribution in [-0.4, -0.2) is 17.2 Å². The summed E-state index contributed by atoms with van der Waals surface area (Å²) in [5.41, 5.74) is 1.43. The van der Waals surface area contributed by atoms with E-state index in [1.165, 1.54) is 19.2 Å². The summed E-state index contributed by atoms with van der Waals surface area (Å²) >= 11 is 3.29. The molecule has 1 aromatic heterocycles. The average Bonchev–Trinajstić information content (AvgIpc) is 2.41. The maximum Gasteiger partial charge on any atom is 0.218 e. The van der Waals surface area contributed by atoms with E-state index >= 15 is 0 Å². The lowest BCUT2D eigenvalue weighted by atomic mass is 10.0. The van der Waals surface area contributed by atoms with Crippen LogP contribution in [0.3, 0.4) is 0 Å². The van der Waals surface area contributed by atoms with Crippen molar-refractivity contribution in [2.45, 2.75) is 12.5 Å². The fraction of sp³-hybridized carbons (Fsp3) is 0.214. The Morgan fingerprint density at radius 3 is 2.89 bits per heavy atom. The van der Waals surface area contributed by atoms with E-state index in [0.29, 0.717) is 22.3 Å². The van der Waals surface area contributed by atoms with Crippen LogP contribution < -0.4 is 4.74 Å². The van der Waals surface area contributed by atoms with Gasteiger partial charge in [-0.3, -0.25) is 0 Å². The molecule has 0 spiro atoms. The Hall–Kier alpha value is -1.46. The van der Waals surface area contributed by atoms with E-state index < -0.39 is 6.10 Å². The van der Waals surface area contributed by atoms with Crippen molar-refractivity contribution in [2.75, 3.05) is 7.11 Å². The van der Waals surface area contributed by atoms with Crippen molar-refractivity contribution in [1.82, 2.24) is 4.98 Å². The number of rotatable bonds is 4. The zero-order valence-electron chi connectivity index (χ0n) is 10.3. The van der Waals surface area contributed by atoms with Gasteiger partial charge >= 0.3 is 0 Å². The van der Waals surface area contributed by atoms with E-state index in [1.807, 2.05) is 0 Å². The van der Waals surface area contributed by atoms with Crippen LogP contribution in [0.15, 0.2) is 41.0 Å². The highest BCUT2D eigenvalue weighted by atomic mass is 79.9. The number of aliphatic hydroxyl groups is 1. The molecule has 5 heteroatoms. The third-order valence-electron chi connectivity index (χ3n) is 2.78. The molecule has 1 heterocycles. The molecular weight excluding hydrogens is 313 g/mol. The topological polar surface area (TPSA) is 42.4 Å². The van der Waals surface area contributed by atoms with Gasteiger partial charge in [-0.15, -0.1) is 0 Å². The fourth-order valence-corrected chi connectivity index (χ4v) is 2.35. The minimum absolute atomic E-state index is 0.316. The van der Waals surface area contributed by atoms with E-state index in [-0.39, 0.29) is 5.82 Å². The molecule has 2 aromatic rings. The number of methoxy groups -OCH3 is 1. The molecule has 0 aliphatic rings. The summed E-state index contributed by atoms with van der Waals surface area (Å²) in [7, 11) is 1.51. The maximum absolute atomic E-state index is 13.0.